The fourth-order valence-corrected chi connectivity index (χ4v) is 4.42. The summed E-state index contributed by atoms with van der Waals surface area (Å²) in [7, 11) is 0. The number of amides is 1. The van der Waals surface area contributed by atoms with Crippen molar-refractivity contribution in [2.24, 2.45) is 0 Å². The Bertz CT molecular complexity index is 855. The highest BCUT2D eigenvalue weighted by molar-refractivity contribution is 9.10. The van der Waals surface area contributed by atoms with Crippen molar-refractivity contribution < 1.29 is 13.6 Å². The minimum atomic E-state index is -0.611. The molecule has 1 spiro atoms. The average Bonchev–Trinajstić information content (AvgIpc) is 2.79. The van der Waals surface area contributed by atoms with Crippen molar-refractivity contribution in [1.82, 2.24) is 0 Å². The lowest BCUT2D eigenvalue weighted by atomic mass is 9.65. The van der Waals surface area contributed by atoms with Crippen LogP contribution in [0, 0.1) is 11.6 Å². The van der Waals surface area contributed by atoms with Gasteiger partial charge < -0.3 is 10.0 Å². The molecule has 0 aromatic heterocycles. The molecule has 0 radical (unpaired) electrons. The van der Waals surface area contributed by atoms with Gasteiger partial charge in [-0.15, -0.1) is 0 Å². The molecule has 1 aliphatic carbocycles. The van der Waals surface area contributed by atoms with E-state index in [1.165, 1.54) is 12.1 Å². The zero-order valence-corrected chi connectivity index (χ0v) is 14.9. The fraction of sp³-hybridized carbons (Fsp3) is 0.235. The number of carbonyl (C=O) groups is 1. The summed E-state index contributed by atoms with van der Waals surface area (Å²) in [5, 5.41) is 2.95. The van der Waals surface area contributed by atoms with E-state index >= 15 is 0 Å². The molecule has 1 fully saturated rings. The Morgan fingerprint density at radius 2 is 2.00 bits per heavy atom. The molecule has 7 heteroatoms. The van der Waals surface area contributed by atoms with Crippen molar-refractivity contribution in [3.05, 3.63) is 52.0 Å². The highest BCUT2D eigenvalue weighted by atomic mass is 79.9. The Kier molecular flexibility index (Phi) is 3.80. The molecular formula is C17H13BrF2N2OS. The number of hydrogen-bond donors (Lipinski definition) is 2. The Morgan fingerprint density at radius 1 is 1.21 bits per heavy atom. The lowest BCUT2D eigenvalue weighted by molar-refractivity contribution is -0.123. The zero-order valence-electron chi connectivity index (χ0n) is 12.5. The molecule has 0 saturated heterocycles. The molecule has 4 rings (SSSR count). The Morgan fingerprint density at radius 3 is 2.67 bits per heavy atom. The van der Waals surface area contributed by atoms with Gasteiger partial charge in [0.15, 0.2) is 0 Å². The van der Waals surface area contributed by atoms with Crippen molar-refractivity contribution in [1.29, 1.82) is 0 Å². The van der Waals surface area contributed by atoms with Gasteiger partial charge in [0, 0.05) is 16.2 Å². The maximum atomic E-state index is 13.7. The predicted molar refractivity (Wildman–Crippen MR) is 94.1 cm³/mol. The van der Waals surface area contributed by atoms with Crippen LogP contribution in [0.4, 0.5) is 20.2 Å². The van der Waals surface area contributed by atoms with Gasteiger partial charge in [0.2, 0.25) is 5.91 Å². The number of nitrogens with one attached hydrogen (secondary N) is 2. The molecule has 2 aromatic carbocycles. The summed E-state index contributed by atoms with van der Waals surface area (Å²) < 4.78 is 30.6. The van der Waals surface area contributed by atoms with E-state index in [0.717, 1.165) is 58.7 Å². The second-order valence-corrected chi connectivity index (χ2v) is 7.75. The maximum Gasteiger partial charge on any atom is 0.235 e. The first kappa shape index (κ1) is 15.9. The molecule has 2 aromatic rings. The standard InChI is InChI=1S/C17H13BrF2N2OS/c18-12-8-10(22-24-14-3-2-9(19)6-13(14)20)7-11-15(12)21-16(23)17(11)4-1-5-17/h2-3,6-8,22H,1,4-5H2,(H,21,23). The van der Waals surface area contributed by atoms with Gasteiger partial charge in [-0.25, -0.2) is 8.78 Å². The average molecular weight is 411 g/mol. The molecular weight excluding hydrogens is 398 g/mol. The summed E-state index contributed by atoms with van der Waals surface area (Å²) >= 11 is 4.56. The number of carbonyl (C=O) groups excluding carboxylic acids is 1. The molecule has 3 nitrogen and oxygen atoms in total. The lowest BCUT2D eigenvalue weighted by Gasteiger charge is -2.36. The van der Waals surface area contributed by atoms with E-state index in [9.17, 15) is 13.6 Å². The van der Waals surface area contributed by atoms with Crippen molar-refractivity contribution in [2.75, 3.05) is 10.0 Å². The molecule has 0 atom stereocenters. The van der Waals surface area contributed by atoms with Crippen molar-refractivity contribution in [3.8, 4) is 0 Å². The summed E-state index contributed by atoms with van der Waals surface area (Å²) in [4.78, 5) is 12.6. The van der Waals surface area contributed by atoms with Gasteiger partial charge >= 0.3 is 0 Å². The second-order valence-electron chi connectivity index (χ2n) is 6.05. The fourth-order valence-electron chi connectivity index (χ4n) is 3.22. The molecule has 2 aliphatic rings. The van der Waals surface area contributed by atoms with Gasteiger partial charge in [0.25, 0.3) is 0 Å². The molecule has 0 bridgehead atoms. The minimum absolute atomic E-state index is 0.0545. The highest BCUT2D eigenvalue weighted by Crippen LogP contribution is 2.53. The van der Waals surface area contributed by atoms with Gasteiger partial charge in [-0.3, -0.25) is 4.79 Å². The van der Waals surface area contributed by atoms with Crippen LogP contribution in [0.3, 0.4) is 0 Å². The van der Waals surface area contributed by atoms with Gasteiger partial charge in [0.1, 0.15) is 11.6 Å². The number of anilines is 2. The van der Waals surface area contributed by atoms with E-state index in [2.05, 4.69) is 26.0 Å². The maximum absolute atomic E-state index is 13.7. The third-order valence-electron chi connectivity index (χ3n) is 4.66. The largest absolute Gasteiger partial charge is 0.326 e. The van der Waals surface area contributed by atoms with E-state index < -0.39 is 17.0 Å². The minimum Gasteiger partial charge on any atom is -0.326 e. The van der Waals surface area contributed by atoms with E-state index in [-0.39, 0.29) is 5.91 Å². The van der Waals surface area contributed by atoms with Crippen LogP contribution < -0.4 is 10.0 Å². The third-order valence-corrected chi connectivity index (χ3v) is 6.17. The molecule has 124 valence electrons. The summed E-state index contributed by atoms with van der Waals surface area (Å²) in [5.74, 6) is -1.16. The monoisotopic (exact) mass is 410 g/mol. The topological polar surface area (TPSA) is 41.1 Å². The lowest BCUT2D eigenvalue weighted by Crippen LogP contribution is -2.40. The molecule has 24 heavy (non-hydrogen) atoms. The highest BCUT2D eigenvalue weighted by Gasteiger charge is 2.51. The van der Waals surface area contributed by atoms with Crippen molar-refractivity contribution >= 4 is 45.2 Å². The van der Waals surface area contributed by atoms with Gasteiger partial charge in [0.05, 0.1) is 16.0 Å². The number of hydrogen-bond acceptors (Lipinski definition) is 3. The van der Waals surface area contributed by atoms with Crippen molar-refractivity contribution in [2.45, 2.75) is 29.6 Å². The number of halogens is 3. The summed E-state index contributed by atoms with van der Waals surface area (Å²) in [6, 6.07) is 7.24. The number of benzene rings is 2. The van der Waals surface area contributed by atoms with Crippen LogP contribution in [-0.2, 0) is 10.2 Å². The zero-order chi connectivity index (χ0) is 16.9. The van der Waals surface area contributed by atoms with Crippen LogP contribution in [0.1, 0.15) is 24.8 Å². The van der Waals surface area contributed by atoms with Crippen molar-refractivity contribution in [3.63, 3.8) is 0 Å². The number of fused-ring (bicyclic) bond motifs is 2. The van der Waals surface area contributed by atoms with Crippen LogP contribution in [0.5, 0.6) is 0 Å². The number of rotatable bonds is 3. The molecule has 1 saturated carbocycles. The van der Waals surface area contributed by atoms with Gasteiger partial charge in [-0.05, 0) is 70.5 Å². The van der Waals surface area contributed by atoms with Crippen LogP contribution in [0.25, 0.3) is 0 Å². The van der Waals surface area contributed by atoms with Gasteiger partial charge in [-0.1, -0.05) is 6.42 Å². The first-order valence-corrected chi connectivity index (χ1v) is 9.14. The van der Waals surface area contributed by atoms with E-state index in [1.54, 1.807) is 0 Å². The summed E-state index contributed by atoms with van der Waals surface area (Å²) in [6.07, 6.45) is 2.74. The smallest absolute Gasteiger partial charge is 0.235 e. The normalized spacial score (nSPS) is 17.4. The van der Waals surface area contributed by atoms with E-state index in [4.69, 9.17) is 0 Å². The molecule has 0 unspecified atom stereocenters. The quantitative estimate of drug-likeness (QED) is 0.681. The predicted octanol–water partition coefficient (Wildman–Crippen LogP) is 5.22. The van der Waals surface area contributed by atoms with E-state index in [1.807, 2.05) is 12.1 Å². The summed E-state index contributed by atoms with van der Waals surface area (Å²) in [6.45, 7) is 0. The van der Waals surface area contributed by atoms with Crippen LogP contribution in [-0.4, -0.2) is 5.91 Å². The molecule has 1 aliphatic heterocycles. The Hall–Kier alpha value is -1.60. The second kappa shape index (κ2) is 5.74. The molecule has 1 amide bonds. The van der Waals surface area contributed by atoms with Crippen LogP contribution >= 0.6 is 27.9 Å². The Labute approximate surface area is 150 Å². The Balaban J connectivity index is 1.61. The first-order valence-electron chi connectivity index (χ1n) is 7.53. The SMILES string of the molecule is O=C1Nc2c(Br)cc(NSc3ccc(F)cc3F)cc2C12CCC2. The molecule has 2 N–H and O–H groups in total. The summed E-state index contributed by atoms with van der Waals surface area (Å²) in [5.41, 5.74) is 2.15. The first-order chi connectivity index (χ1) is 11.5. The van der Waals surface area contributed by atoms with Gasteiger partial charge in [-0.2, -0.15) is 0 Å². The molecule has 1 heterocycles. The van der Waals surface area contributed by atoms with Crippen LogP contribution in [0.15, 0.2) is 39.7 Å². The van der Waals surface area contributed by atoms with Crippen LogP contribution in [0.2, 0.25) is 0 Å². The third kappa shape index (κ3) is 2.41. The van der Waals surface area contributed by atoms with E-state index in [0.29, 0.717) is 4.90 Å².